The van der Waals surface area contributed by atoms with Crippen molar-refractivity contribution in [1.82, 2.24) is 15.2 Å². The highest BCUT2D eigenvalue weighted by Gasteiger charge is 2.39. The summed E-state index contributed by atoms with van der Waals surface area (Å²) in [7, 11) is 4.17. The first-order chi connectivity index (χ1) is 9.57. The van der Waals surface area contributed by atoms with Crippen LogP contribution in [0.2, 0.25) is 0 Å². The predicted molar refractivity (Wildman–Crippen MR) is 81.0 cm³/mol. The van der Waals surface area contributed by atoms with Crippen molar-refractivity contribution in [3.8, 4) is 0 Å². The third-order valence-corrected chi connectivity index (χ3v) is 4.19. The maximum atomic E-state index is 12.2. The van der Waals surface area contributed by atoms with E-state index in [4.69, 9.17) is 0 Å². The number of nitrogens with one attached hydrogen (secondary N) is 2. The maximum Gasteiger partial charge on any atom is 0.251 e. The van der Waals surface area contributed by atoms with Gasteiger partial charge in [0.05, 0.1) is 0 Å². The van der Waals surface area contributed by atoms with Crippen molar-refractivity contribution in [3.63, 3.8) is 0 Å². The van der Waals surface area contributed by atoms with Gasteiger partial charge in [0, 0.05) is 30.4 Å². The Hall–Kier alpha value is -1.62. The zero-order chi connectivity index (χ0) is 14.6. The van der Waals surface area contributed by atoms with E-state index in [9.17, 15) is 4.79 Å². The molecule has 0 saturated heterocycles. The van der Waals surface area contributed by atoms with Crippen molar-refractivity contribution in [2.75, 3.05) is 32.5 Å². The summed E-state index contributed by atoms with van der Waals surface area (Å²) < 4.78 is 0. The van der Waals surface area contributed by atoms with Crippen molar-refractivity contribution in [2.24, 2.45) is 0 Å². The van der Waals surface area contributed by atoms with E-state index < -0.39 is 0 Å². The van der Waals surface area contributed by atoms with Crippen LogP contribution in [-0.4, -0.2) is 48.5 Å². The van der Waals surface area contributed by atoms with Crippen LogP contribution in [0.1, 0.15) is 36.5 Å². The van der Waals surface area contributed by atoms with Crippen LogP contribution in [0.3, 0.4) is 0 Å². The molecule has 0 aromatic carbocycles. The Morgan fingerprint density at radius 2 is 2.20 bits per heavy atom. The first-order valence-corrected chi connectivity index (χ1v) is 7.23. The van der Waals surface area contributed by atoms with Crippen molar-refractivity contribution in [2.45, 2.75) is 31.7 Å². The summed E-state index contributed by atoms with van der Waals surface area (Å²) in [6.45, 7) is 3.51. The average molecular weight is 276 g/mol. The second kappa shape index (κ2) is 6.22. The zero-order valence-corrected chi connectivity index (χ0v) is 12.6. The molecule has 1 heterocycles. The van der Waals surface area contributed by atoms with Crippen LogP contribution in [0.25, 0.3) is 0 Å². The lowest BCUT2D eigenvalue weighted by molar-refractivity contribution is 0.0557. The molecule has 0 atom stereocenters. The molecule has 1 aliphatic carbocycles. The summed E-state index contributed by atoms with van der Waals surface area (Å²) in [4.78, 5) is 18.6. The molecule has 20 heavy (non-hydrogen) atoms. The molecular formula is C15H24N4O. The molecule has 110 valence electrons. The summed E-state index contributed by atoms with van der Waals surface area (Å²) in [5.41, 5.74) is 0.803. The van der Waals surface area contributed by atoms with Gasteiger partial charge in [-0.3, -0.25) is 4.79 Å². The highest BCUT2D eigenvalue weighted by Crippen LogP contribution is 2.35. The normalized spacial score (nSPS) is 16.6. The molecule has 1 aromatic rings. The summed E-state index contributed by atoms with van der Waals surface area (Å²) in [6, 6.07) is 3.54. The van der Waals surface area contributed by atoms with E-state index in [-0.39, 0.29) is 11.4 Å². The van der Waals surface area contributed by atoms with Gasteiger partial charge in [-0.2, -0.15) is 0 Å². The third-order valence-electron chi connectivity index (χ3n) is 4.19. The van der Waals surface area contributed by atoms with Gasteiger partial charge in [-0.25, -0.2) is 4.98 Å². The Kier molecular flexibility index (Phi) is 4.60. The lowest BCUT2D eigenvalue weighted by Gasteiger charge is -2.47. The summed E-state index contributed by atoms with van der Waals surface area (Å²) in [5.74, 6) is 0.714. The molecule has 2 rings (SSSR count). The van der Waals surface area contributed by atoms with Crippen molar-refractivity contribution < 1.29 is 4.79 Å². The Morgan fingerprint density at radius 1 is 1.45 bits per heavy atom. The summed E-state index contributed by atoms with van der Waals surface area (Å²) in [6.07, 6.45) is 5.21. The minimum absolute atomic E-state index is 0.0281. The lowest BCUT2D eigenvalue weighted by Crippen LogP contribution is -2.57. The summed E-state index contributed by atoms with van der Waals surface area (Å²) in [5, 5.41) is 6.17. The summed E-state index contributed by atoms with van der Waals surface area (Å²) >= 11 is 0. The van der Waals surface area contributed by atoms with Crippen LogP contribution in [0.15, 0.2) is 18.3 Å². The molecule has 2 N–H and O–H groups in total. The Labute approximate surface area is 120 Å². The number of pyridine rings is 1. The zero-order valence-electron chi connectivity index (χ0n) is 12.6. The van der Waals surface area contributed by atoms with E-state index in [1.807, 2.05) is 6.92 Å². The van der Waals surface area contributed by atoms with E-state index in [0.717, 1.165) is 25.2 Å². The SMILES string of the molecule is CCNc1cc(C(=O)NCC2(N(C)C)CCC2)ccn1. The van der Waals surface area contributed by atoms with Gasteiger partial charge in [0.25, 0.3) is 5.91 Å². The Bertz CT molecular complexity index is 469. The van der Waals surface area contributed by atoms with Gasteiger partial charge >= 0.3 is 0 Å². The number of aromatic nitrogens is 1. The van der Waals surface area contributed by atoms with Gasteiger partial charge in [-0.15, -0.1) is 0 Å². The first kappa shape index (κ1) is 14.8. The molecule has 0 radical (unpaired) electrons. The van der Waals surface area contributed by atoms with Crippen LogP contribution < -0.4 is 10.6 Å². The van der Waals surface area contributed by atoms with Gasteiger partial charge in [-0.1, -0.05) is 0 Å². The molecule has 0 aliphatic heterocycles. The highest BCUT2D eigenvalue weighted by molar-refractivity contribution is 5.94. The maximum absolute atomic E-state index is 12.2. The molecule has 0 unspecified atom stereocenters. The topological polar surface area (TPSA) is 57.3 Å². The van der Waals surface area contributed by atoms with E-state index >= 15 is 0 Å². The van der Waals surface area contributed by atoms with E-state index in [1.54, 1.807) is 18.3 Å². The van der Waals surface area contributed by atoms with Crippen molar-refractivity contribution in [3.05, 3.63) is 23.9 Å². The number of anilines is 1. The second-order valence-corrected chi connectivity index (χ2v) is 5.62. The van der Waals surface area contributed by atoms with Crippen LogP contribution >= 0.6 is 0 Å². The number of amides is 1. The number of carbonyl (C=O) groups is 1. The van der Waals surface area contributed by atoms with Gasteiger partial charge in [0.2, 0.25) is 0 Å². The third kappa shape index (κ3) is 3.10. The van der Waals surface area contributed by atoms with Crippen molar-refractivity contribution >= 4 is 11.7 Å². The minimum Gasteiger partial charge on any atom is -0.370 e. The number of likely N-dealkylation sites (N-methyl/N-ethyl adjacent to an activating group) is 1. The van der Waals surface area contributed by atoms with Gasteiger partial charge in [0.1, 0.15) is 5.82 Å². The minimum atomic E-state index is -0.0281. The largest absolute Gasteiger partial charge is 0.370 e. The monoisotopic (exact) mass is 276 g/mol. The molecule has 1 saturated carbocycles. The smallest absolute Gasteiger partial charge is 0.251 e. The van der Waals surface area contributed by atoms with E-state index in [1.165, 1.54) is 6.42 Å². The number of carbonyl (C=O) groups excluding carboxylic acids is 1. The first-order valence-electron chi connectivity index (χ1n) is 7.23. The van der Waals surface area contributed by atoms with Crippen LogP contribution in [0, 0.1) is 0 Å². The molecule has 0 bridgehead atoms. The Morgan fingerprint density at radius 3 is 2.75 bits per heavy atom. The molecule has 0 spiro atoms. The fourth-order valence-corrected chi connectivity index (χ4v) is 2.56. The molecule has 1 aliphatic rings. The number of hydrogen-bond acceptors (Lipinski definition) is 4. The number of rotatable bonds is 6. The van der Waals surface area contributed by atoms with Crippen LogP contribution in [0.4, 0.5) is 5.82 Å². The van der Waals surface area contributed by atoms with Gasteiger partial charge in [0.15, 0.2) is 0 Å². The van der Waals surface area contributed by atoms with Crippen LogP contribution in [-0.2, 0) is 0 Å². The van der Waals surface area contributed by atoms with E-state index in [2.05, 4.69) is 34.6 Å². The number of nitrogens with zero attached hydrogens (tertiary/aromatic N) is 2. The second-order valence-electron chi connectivity index (χ2n) is 5.62. The molecule has 1 aromatic heterocycles. The highest BCUT2D eigenvalue weighted by atomic mass is 16.1. The standard InChI is InChI=1S/C15H24N4O/c1-4-16-13-10-12(6-9-17-13)14(20)18-11-15(19(2)3)7-5-8-15/h6,9-10H,4-5,7-8,11H2,1-3H3,(H,16,17)(H,18,20). The van der Waals surface area contributed by atoms with Crippen molar-refractivity contribution in [1.29, 1.82) is 0 Å². The average Bonchev–Trinajstić information content (AvgIpc) is 2.37. The molecule has 1 fully saturated rings. The van der Waals surface area contributed by atoms with Gasteiger partial charge < -0.3 is 15.5 Å². The fourth-order valence-electron chi connectivity index (χ4n) is 2.56. The molecular weight excluding hydrogens is 252 g/mol. The van der Waals surface area contributed by atoms with Crippen LogP contribution in [0.5, 0.6) is 0 Å². The predicted octanol–water partition coefficient (Wildman–Crippen LogP) is 1.73. The molecule has 5 nitrogen and oxygen atoms in total. The lowest BCUT2D eigenvalue weighted by atomic mass is 9.75. The molecule has 5 heteroatoms. The van der Waals surface area contributed by atoms with Gasteiger partial charge in [-0.05, 0) is 52.4 Å². The van der Waals surface area contributed by atoms with E-state index in [0.29, 0.717) is 12.1 Å². The fraction of sp³-hybridized carbons (Fsp3) is 0.600. The molecule has 1 amide bonds. The quantitative estimate of drug-likeness (QED) is 0.831. The Balaban J connectivity index is 1.96. The number of hydrogen-bond donors (Lipinski definition) is 2.